The zero-order valence-electron chi connectivity index (χ0n) is 12.5. The Bertz CT molecular complexity index is 472. The summed E-state index contributed by atoms with van der Waals surface area (Å²) in [5.74, 6) is 2.14. The van der Waals surface area contributed by atoms with Gasteiger partial charge in [0, 0.05) is 31.3 Å². The van der Waals surface area contributed by atoms with E-state index in [4.69, 9.17) is 0 Å². The monoisotopic (exact) mass is 295 g/mol. The van der Waals surface area contributed by atoms with Gasteiger partial charge in [0.05, 0.1) is 13.1 Å². The topological polar surface area (TPSA) is 50.6 Å². The van der Waals surface area contributed by atoms with Crippen molar-refractivity contribution in [1.82, 2.24) is 9.88 Å². The number of nitrogens with one attached hydrogen (secondary N) is 1. The summed E-state index contributed by atoms with van der Waals surface area (Å²) in [5, 5.41) is 0.903. The molecule has 0 aromatic carbocycles. The molecular formula is C14H23N4OS+. The van der Waals surface area contributed by atoms with Crippen molar-refractivity contribution >= 4 is 23.4 Å². The van der Waals surface area contributed by atoms with Gasteiger partial charge < -0.3 is 4.90 Å². The van der Waals surface area contributed by atoms with Gasteiger partial charge in [-0.05, 0) is 20.9 Å². The standard InChI is InChI=1S/C14H22N4OS/c1-11-10-13(18-7-5-17(3)6-8-18)16-14(15-11)20-9-4-12(2)19/h10H,4-9H2,1-3H3/p+1. The van der Waals surface area contributed by atoms with Crippen molar-refractivity contribution in [1.29, 1.82) is 0 Å². The van der Waals surface area contributed by atoms with E-state index < -0.39 is 0 Å². The Balaban J connectivity index is 2.02. The van der Waals surface area contributed by atoms with Crippen LogP contribution in [-0.2, 0) is 4.79 Å². The van der Waals surface area contributed by atoms with Crippen LogP contribution in [0.5, 0.6) is 0 Å². The molecule has 0 spiro atoms. The summed E-state index contributed by atoms with van der Waals surface area (Å²) in [7, 11) is 2.15. The van der Waals surface area contributed by atoms with Crippen molar-refractivity contribution in [3.05, 3.63) is 11.8 Å². The molecule has 0 radical (unpaired) electrons. The molecule has 0 unspecified atom stereocenters. The molecule has 0 bridgehead atoms. The van der Waals surface area contributed by atoms with E-state index in [2.05, 4.69) is 32.9 Å². The van der Waals surface area contributed by atoms with Crippen LogP contribution in [0.2, 0.25) is 0 Å². The molecule has 1 aromatic heterocycles. The number of aromatic amines is 1. The Labute approximate surface area is 124 Å². The van der Waals surface area contributed by atoms with Gasteiger partial charge in [-0.2, -0.15) is 0 Å². The Morgan fingerprint density at radius 1 is 1.40 bits per heavy atom. The fourth-order valence-electron chi connectivity index (χ4n) is 2.14. The van der Waals surface area contributed by atoms with Crippen molar-refractivity contribution in [3.8, 4) is 0 Å². The Morgan fingerprint density at radius 2 is 2.10 bits per heavy atom. The molecule has 0 aliphatic carbocycles. The first-order chi connectivity index (χ1) is 9.54. The lowest BCUT2D eigenvalue weighted by molar-refractivity contribution is -0.420. The fraction of sp³-hybridized carbons (Fsp3) is 0.643. The highest BCUT2D eigenvalue weighted by atomic mass is 32.2. The second kappa shape index (κ2) is 7.04. The molecule has 6 heteroatoms. The van der Waals surface area contributed by atoms with Crippen LogP contribution in [0.3, 0.4) is 0 Å². The van der Waals surface area contributed by atoms with Crippen LogP contribution in [0.15, 0.2) is 11.2 Å². The van der Waals surface area contributed by atoms with E-state index in [9.17, 15) is 4.79 Å². The molecule has 110 valence electrons. The van der Waals surface area contributed by atoms with Crippen LogP contribution in [0.1, 0.15) is 19.0 Å². The number of anilines is 1. The molecule has 2 heterocycles. The van der Waals surface area contributed by atoms with E-state index >= 15 is 0 Å². The fourth-order valence-corrected chi connectivity index (χ4v) is 3.11. The van der Waals surface area contributed by atoms with Crippen molar-refractivity contribution in [2.75, 3.05) is 43.9 Å². The summed E-state index contributed by atoms with van der Waals surface area (Å²) in [5.41, 5.74) is 1.02. The molecule has 1 saturated heterocycles. The van der Waals surface area contributed by atoms with E-state index in [0.29, 0.717) is 6.42 Å². The third-order valence-corrected chi connectivity index (χ3v) is 4.27. The number of hydrogen-bond donors (Lipinski definition) is 0. The van der Waals surface area contributed by atoms with Gasteiger partial charge in [0.2, 0.25) is 5.82 Å². The number of piperazine rings is 1. The van der Waals surface area contributed by atoms with E-state index in [1.165, 1.54) is 0 Å². The number of ketones is 1. The van der Waals surface area contributed by atoms with Crippen molar-refractivity contribution in [2.45, 2.75) is 25.4 Å². The lowest BCUT2D eigenvalue weighted by Crippen LogP contribution is -2.46. The maximum Gasteiger partial charge on any atom is 0.296 e. The highest BCUT2D eigenvalue weighted by molar-refractivity contribution is 7.99. The maximum absolute atomic E-state index is 11.0. The van der Waals surface area contributed by atoms with Crippen molar-refractivity contribution in [2.24, 2.45) is 0 Å². The van der Waals surface area contributed by atoms with Crippen LogP contribution in [-0.4, -0.2) is 54.6 Å². The largest absolute Gasteiger partial charge is 0.300 e. The molecule has 5 nitrogen and oxygen atoms in total. The van der Waals surface area contributed by atoms with Gasteiger partial charge in [0.25, 0.3) is 5.16 Å². The number of carbonyl (C=O) groups excluding carboxylic acids is 1. The maximum atomic E-state index is 11.0. The van der Waals surface area contributed by atoms with E-state index in [1.807, 2.05) is 6.92 Å². The minimum atomic E-state index is 0.226. The molecule has 1 aliphatic rings. The normalized spacial score (nSPS) is 16.4. The van der Waals surface area contributed by atoms with Gasteiger partial charge in [-0.15, -0.1) is 4.98 Å². The summed E-state index contributed by atoms with van der Waals surface area (Å²) >= 11 is 1.62. The van der Waals surface area contributed by atoms with Crippen LogP contribution < -0.4 is 9.88 Å². The SMILES string of the molecule is CC(=O)CCSc1nc(C)cc(N2CCN(C)CC2)[nH+]1. The van der Waals surface area contributed by atoms with Crippen LogP contribution in [0.4, 0.5) is 5.82 Å². The van der Waals surface area contributed by atoms with Crippen LogP contribution in [0, 0.1) is 6.92 Å². The Hall–Kier alpha value is -1.14. The molecule has 0 atom stereocenters. The zero-order chi connectivity index (χ0) is 14.5. The minimum Gasteiger partial charge on any atom is -0.300 e. The van der Waals surface area contributed by atoms with Gasteiger partial charge in [-0.1, -0.05) is 11.8 Å². The smallest absolute Gasteiger partial charge is 0.296 e. The average molecular weight is 295 g/mol. The number of rotatable bonds is 5. The highest BCUT2D eigenvalue weighted by Crippen LogP contribution is 2.16. The van der Waals surface area contributed by atoms with E-state index in [-0.39, 0.29) is 5.78 Å². The third-order valence-electron chi connectivity index (χ3n) is 3.40. The molecule has 20 heavy (non-hydrogen) atoms. The number of likely N-dealkylation sites (N-methyl/N-ethyl adjacent to an activating group) is 1. The number of aryl methyl sites for hydroxylation is 1. The number of H-pyrrole nitrogens is 1. The lowest BCUT2D eigenvalue weighted by atomic mass is 10.3. The first kappa shape index (κ1) is 15.3. The molecule has 0 amide bonds. The molecule has 1 aliphatic heterocycles. The first-order valence-corrected chi connectivity index (χ1v) is 8.00. The van der Waals surface area contributed by atoms with Gasteiger partial charge in [0.1, 0.15) is 11.5 Å². The van der Waals surface area contributed by atoms with E-state index in [0.717, 1.165) is 48.6 Å². The highest BCUT2D eigenvalue weighted by Gasteiger charge is 2.21. The molecule has 1 N–H and O–H groups in total. The summed E-state index contributed by atoms with van der Waals surface area (Å²) in [6.07, 6.45) is 0.595. The Morgan fingerprint density at radius 3 is 2.75 bits per heavy atom. The van der Waals surface area contributed by atoms with Crippen LogP contribution in [0.25, 0.3) is 0 Å². The number of Topliss-reactive ketones (excluding diaryl/α,β-unsaturated/α-hetero) is 1. The second-order valence-corrected chi connectivity index (χ2v) is 6.39. The van der Waals surface area contributed by atoms with Crippen molar-refractivity contribution in [3.63, 3.8) is 0 Å². The summed E-state index contributed by atoms with van der Waals surface area (Å²) in [6, 6.07) is 2.10. The Kier molecular flexibility index (Phi) is 5.37. The predicted octanol–water partition coefficient (Wildman–Crippen LogP) is 1.03. The molecule has 1 aromatic rings. The lowest BCUT2D eigenvalue weighted by Gasteiger charge is -2.29. The molecule has 1 fully saturated rings. The zero-order valence-corrected chi connectivity index (χ0v) is 13.3. The number of hydrogen-bond acceptors (Lipinski definition) is 5. The number of aromatic nitrogens is 2. The third kappa shape index (κ3) is 4.45. The van der Waals surface area contributed by atoms with E-state index in [1.54, 1.807) is 18.7 Å². The summed E-state index contributed by atoms with van der Waals surface area (Å²) in [4.78, 5) is 23.6. The summed E-state index contributed by atoms with van der Waals surface area (Å²) < 4.78 is 0. The molecule has 0 saturated carbocycles. The molecular weight excluding hydrogens is 272 g/mol. The van der Waals surface area contributed by atoms with Crippen LogP contribution >= 0.6 is 11.8 Å². The molecule has 2 rings (SSSR count). The number of thioether (sulfide) groups is 1. The van der Waals surface area contributed by atoms with Gasteiger partial charge in [-0.3, -0.25) is 9.69 Å². The summed E-state index contributed by atoms with van der Waals surface area (Å²) in [6.45, 7) is 7.89. The van der Waals surface area contributed by atoms with Gasteiger partial charge >= 0.3 is 0 Å². The van der Waals surface area contributed by atoms with Gasteiger partial charge in [0.15, 0.2) is 0 Å². The quantitative estimate of drug-likeness (QED) is 0.600. The number of carbonyl (C=O) groups is 1. The van der Waals surface area contributed by atoms with Crippen molar-refractivity contribution < 1.29 is 9.78 Å². The first-order valence-electron chi connectivity index (χ1n) is 7.01. The average Bonchev–Trinajstić information content (AvgIpc) is 2.38. The second-order valence-electron chi connectivity index (χ2n) is 5.30. The number of nitrogens with zero attached hydrogens (tertiary/aromatic N) is 3. The van der Waals surface area contributed by atoms with Gasteiger partial charge in [-0.25, -0.2) is 4.98 Å². The predicted molar refractivity (Wildman–Crippen MR) is 81.3 cm³/mol. The minimum absolute atomic E-state index is 0.226.